The maximum atomic E-state index is 12.2. The molecule has 1 amide bonds. The second-order valence-electron chi connectivity index (χ2n) is 5.61. The Hall–Kier alpha value is -1.55. The summed E-state index contributed by atoms with van der Waals surface area (Å²) in [5, 5.41) is 3.00. The number of hydrogen-bond acceptors (Lipinski definition) is 3. The summed E-state index contributed by atoms with van der Waals surface area (Å²) in [7, 11) is 0. The van der Waals surface area contributed by atoms with Crippen LogP contribution in [0.1, 0.15) is 33.1 Å². The van der Waals surface area contributed by atoms with Crippen LogP contribution in [0.25, 0.3) is 0 Å². The molecular formula is C16H25N3O. The molecule has 1 fully saturated rings. The van der Waals surface area contributed by atoms with E-state index in [9.17, 15) is 4.79 Å². The molecule has 0 bridgehead atoms. The van der Waals surface area contributed by atoms with Gasteiger partial charge in [0.25, 0.3) is 0 Å². The van der Waals surface area contributed by atoms with Gasteiger partial charge in [-0.05, 0) is 30.9 Å². The lowest BCUT2D eigenvalue weighted by molar-refractivity contribution is -0.118. The van der Waals surface area contributed by atoms with Crippen LogP contribution in [0.2, 0.25) is 0 Å². The van der Waals surface area contributed by atoms with E-state index < -0.39 is 6.04 Å². The number of nitrogens with two attached hydrogens (primary N) is 1. The summed E-state index contributed by atoms with van der Waals surface area (Å²) in [6.07, 6.45) is 3.34. The van der Waals surface area contributed by atoms with Crippen molar-refractivity contribution in [2.75, 3.05) is 23.3 Å². The van der Waals surface area contributed by atoms with Crippen molar-refractivity contribution in [3.63, 3.8) is 0 Å². The highest BCUT2D eigenvalue weighted by Crippen LogP contribution is 2.28. The number of carbonyl (C=O) groups is 1. The predicted octanol–water partition coefficient (Wildman–Crippen LogP) is 2.60. The number of carbonyl (C=O) groups excluding carboxylic acids is 1. The first-order valence-electron chi connectivity index (χ1n) is 7.54. The van der Waals surface area contributed by atoms with E-state index in [1.54, 1.807) is 0 Å². The highest BCUT2D eigenvalue weighted by atomic mass is 16.2. The monoisotopic (exact) mass is 275 g/mol. The fraction of sp³-hybridized carbons (Fsp3) is 0.562. The van der Waals surface area contributed by atoms with E-state index in [2.05, 4.69) is 23.2 Å². The molecule has 110 valence electrons. The molecule has 0 aromatic heterocycles. The molecule has 2 atom stereocenters. The van der Waals surface area contributed by atoms with Crippen LogP contribution in [0, 0.1) is 5.92 Å². The first-order valence-corrected chi connectivity index (χ1v) is 7.54. The summed E-state index contributed by atoms with van der Waals surface area (Å²) in [5.74, 6) is 0.0972. The average molecular weight is 275 g/mol. The molecular weight excluding hydrogens is 250 g/mol. The van der Waals surface area contributed by atoms with Crippen molar-refractivity contribution in [2.24, 2.45) is 11.7 Å². The van der Waals surface area contributed by atoms with Crippen LogP contribution in [0.4, 0.5) is 11.4 Å². The van der Waals surface area contributed by atoms with Gasteiger partial charge in [0.2, 0.25) is 5.91 Å². The van der Waals surface area contributed by atoms with E-state index in [1.165, 1.54) is 12.8 Å². The zero-order valence-corrected chi connectivity index (χ0v) is 12.4. The highest BCUT2D eigenvalue weighted by molar-refractivity contribution is 5.97. The summed E-state index contributed by atoms with van der Waals surface area (Å²) in [6, 6.07) is 7.53. The molecule has 20 heavy (non-hydrogen) atoms. The Kier molecular flexibility index (Phi) is 5.01. The number of hydrogen-bond donors (Lipinski definition) is 2. The van der Waals surface area contributed by atoms with Crippen LogP contribution < -0.4 is 16.0 Å². The van der Waals surface area contributed by atoms with Gasteiger partial charge < -0.3 is 16.0 Å². The summed E-state index contributed by atoms with van der Waals surface area (Å²) in [4.78, 5) is 14.5. The van der Waals surface area contributed by atoms with Crippen molar-refractivity contribution in [1.82, 2.24) is 0 Å². The number of nitrogens with one attached hydrogen (secondary N) is 1. The van der Waals surface area contributed by atoms with E-state index in [0.29, 0.717) is 0 Å². The number of benzene rings is 1. The Morgan fingerprint density at radius 2 is 2.00 bits per heavy atom. The third-order valence-corrected chi connectivity index (χ3v) is 4.17. The Balaban J connectivity index is 2.11. The number of rotatable bonds is 5. The molecule has 1 aromatic rings. The van der Waals surface area contributed by atoms with Gasteiger partial charge in [-0.1, -0.05) is 32.4 Å². The van der Waals surface area contributed by atoms with Crippen molar-refractivity contribution in [1.29, 1.82) is 0 Å². The van der Waals surface area contributed by atoms with Gasteiger partial charge in [-0.2, -0.15) is 0 Å². The van der Waals surface area contributed by atoms with Gasteiger partial charge in [0.15, 0.2) is 0 Å². The van der Waals surface area contributed by atoms with E-state index in [1.807, 2.05) is 25.1 Å². The maximum Gasteiger partial charge on any atom is 0.241 e. The van der Waals surface area contributed by atoms with Crippen molar-refractivity contribution in [3.05, 3.63) is 24.3 Å². The van der Waals surface area contributed by atoms with Crippen LogP contribution in [0.15, 0.2) is 24.3 Å². The molecule has 0 spiro atoms. The van der Waals surface area contributed by atoms with E-state index in [0.717, 1.165) is 30.9 Å². The average Bonchev–Trinajstić information content (AvgIpc) is 3.00. The summed E-state index contributed by atoms with van der Waals surface area (Å²) in [6.45, 7) is 6.18. The van der Waals surface area contributed by atoms with Gasteiger partial charge in [0.1, 0.15) is 0 Å². The fourth-order valence-corrected chi connectivity index (χ4v) is 2.54. The van der Waals surface area contributed by atoms with Crippen LogP contribution in [-0.2, 0) is 4.79 Å². The molecule has 1 aliphatic rings. The topological polar surface area (TPSA) is 58.4 Å². The summed E-state index contributed by atoms with van der Waals surface area (Å²) in [5.41, 5.74) is 7.98. The van der Waals surface area contributed by atoms with Crippen LogP contribution in [0.3, 0.4) is 0 Å². The molecule has 2 unspecified atom stereocenters. The van der Waals surface area contributed by atoms with Crippen LogP contribution in [-0.4, -0.2) is 25.0 Å². The smallest absolute Gasteiger partial charge is 0.241 e. The number of amides is 1. The molecule has 0 radical (unpaired) electrons. The second kappa shape index (κ2) is 6.75. The molecule has 0 aliphatic carbocycles. The molecule has 1 heterocycles. The van der Waals surface area contributed by atoms with Crippen molar-refractivity contribution < 1.29 is 4.79 Å². The number of para-hydroxylation sites is 2. The molecule has 4 nitrogen and oxygen atoms in total. The largest absolute Gasteiger partial charge is 0.370 e. The standard InChI is InChI=1S/C16H25N3O/c1-3-12(2)15(17)16(20)18-13-8-4-5-9-14(13)19-10-6-7-11-19/h4-5,8-9,12,15H,3,6-7,10-11,17H2,1-2H3,(H,18,20). The van der Waals surface area contributed by atoms with Gasteiger partial charge in [-0.25, -0.2) is 0 Å². The molecule has 1 aliphatic heterocycles. The zero-order chi connectivity index (χ0) is 14.5. The minimum absolute atomic E-state index is 0.0917. The third-order valence-electron chi connectivity index (χ3n) is 4.17. The maximum absolute atomic E-state index is 12.2. The van der Waals surface area contributed by atoms with Crippen LogP contribution >= 0.6 is 0 Å². The van der Waals surface area contributed by atoms with Gasteiger partial charge in [0, 0.05) is 13.1 Å². The van der Waals surface area contributed by atoms with E-state index in [4.69, 9.17) is 5.73 Å². The minimum atomic E-state index is -0.452. The SMILES string of the molecule is CCC(C)C(N)C(=O)Nc1ccccc1N1CCCC1. The molecule has 1 saturated heterocycles. The number of anilines is 2. The van der Waals surface area contributed by atoms with Gasteiger partial charge in [0.05, 0.1) is 17.4 Å². The highest BCUT2D eigenvalue weighted by Gasteiger charge is 2.21. The molecule has 3 N–H and O–H groups in total. The predicted molar refractivity (Wildman–Crippen MR) is 83.9 cm³/mol. The second-order valence-corrected chi connectivity index (χ2v) is 5.61. The van der Waals surface area contributed by atoms with Gasteiger partial charge in [-0.3, -0.25) is 4.79 Å². The Morgan fingerprint density at radius 1 is 1.35 bits per heavy atom. The zero-order valence-electron chi connectivity index (χ0n) is 12.4. The lowest BCUT2D eigenvalue weighted by atomic mass is 9.99. The fourth-order valence-electron chi connectivity index (χ4n) is 2.54. The first kappa shape index (κ1) is 14.9. The van der Waals surface area contributed by atoms with Gasteiger partial charge >= 0.3 is 0 Å². The van der Waals surface area contributed by atoms with E-state index >= 15 is 0 Å². The Morgan fingerprint density at radius 3 is 2.65 bits per heavy atom. The van der Waals surface area contributed by atoms with Gasteiger partial charge in [-0.15, -0.1) is 0 Å². The molecule has 4 heteroatoms. The van der Waals surface area contributed by atoms with Crippen LogP contribution in [0.5, 0.6) is 0 Å². The number of nitrogens with zero attached hydrogens (tertiary/aromatic N) is 1. The first-order chi connectivity index (χ1) is 9.63. The summed E-state index contributed by atoms with van der Waals surface area (Å²) < 4.78 is 0. The Labute approximate surface area is 121 Å². The van der Waals surface area contributed by atoms with Crippen molar-refractivity contribution in [2.45, 2.75) is 39.2 Å². The quantitative estimate of drug-likeness (QED) is 0.868. The third kappa shape index (κ3) is 3.31. The molecule has 0 saturated carbocycles. The normalized spacial score (nSPS) is 17.9. The molecule has 1 aromatic carbocycles. The summed E-state index contributed by atoms with van der Waals surface area (Å²) >= 11 is 0. The molecule has 2 rings (SSSR count). The minimum Gasteiger partial charge on any atom is -0.370 e. The van der Waals surface area contributed by atoms with Crippen molar-refractivity contribution in [3.8, 4) is 0 Å². The van der Waals surface area contributed by atoms with E-state index in [-0.39, 0.29) is 11.8 Å². The lowest BCUT2D eigenvalue weighted by Crippen LogP contribution is -2.40. The lowest BCUT2D eigenvalue weighted by Gasteiger charge is -2.23. The van der Waals surface area contributed by atoms with Crippen molar-refractivity contribution >= 4 is 17.3 Å². The Bertz CT molecular complexity index is 455.